The van der Waals surface area contributed by atoms with Crippen LogP contribution in [0.3, 0.4) is 0 Å². The van der Waals surface area contributed by atoms with Crippen LogP contribution < -0.4 is 11.1 Å². The first-order chi connectivity index (χ1) is 7.75. The van der Waals surface area contributed by atoms with Crippen molar-refractivity contribution in [2.24, 2.45) is 0 Å². The number of halogens is 1. The van der Waals surface area contributed by atoms with Crippen LogP contribution in [0.4, 0.5) is 5.69 Å². The Kier molecular flexibility index (Phi) is 4.23. The first kappa shape index (κ1) is 11.9. The molecule has 0 aromatic carbocycles. The van der Waals surface area contributed by atoms with Gasteiger partial charge in [0, 0.05) is 28.5 Å². The van der Waals surface area contributed by atoms with Gasteiger partial charge in [-0.1, -0.05) is 11.6 Å². The van der Waals surface area contributed by atoms with Crippen LogP contribution in [-0.2, 0) is 13.0 Å². The van der Waals surface area contributed by atoms with Gasteiger partial charge in [-0.25, -0.2) is 0 Å². The first-order valence-corrected chi connectivity index (χ1v) is 7.10. The summed E-state index contributed by atoms with van der Waals surface area (Å²) in [5.74, 6) is 0. The van der Waals surface area contributed by atoms with Crippen LogP contribution in [0, 0.1) is 0 Å². The summed E-state index contributed by atoms with van der Waals surface area (Å²) in [6.07, 6.45) is 1.02. The Morgan fingerprint density at radius 1 is 1.31 bits per heavy atom. The molecule has 2 nitrogen and oxygen atoms in total. The summed E-state index contributed by atoms with van der Waals surface area (Å²) in [4.78, 5) is 2.53. The number of nitrogen functional groups attached to an aromatic ring is 1. The molecule has 86 valence electrons. The highest BCUT2D eigenvalue weighted by Crippen LogP contribution is 2.21. The van der Waals surface area contributed by atoms with E-state index in [0.717, 1.165) is 29.5 Å². The molecule has 2 heterocycles. The Morgan fingerprint density at radius 3 is 2.81 bits per heavy atom. The van der Waals surface area contributed by atoms with E-state index in [2.05, 4.69) is 11.4 Å². The lowest BCUT2D eigenvalue weighted by Gasteiger charge is -2.02. The zero-order valence-corrected chi connectivity index (χ0v) is 11.1. The fourth-order valence-electron chi connectivity index (χ4n) is 1.39. The molecule has 2 aromatic heterocycles. The summed E-state index contributed by atoms with van der Waals surface area (Å²) in [5.41, 5.74) is 6.68. The highest BCUT2D eigenvalue weighted by Gasteiger charge is 2.00. The number of thiophene rings is 2. The van der Waals surface area contributed by atoms with Crippen molar-refractivity contribution in [1.29, 1.82) is 0 Å². The minimum atomic E-state index is 0.850. The summed E-state index contributed by atoms with van der Waals surface area (Å²) >= 11 is 9.19. The van der Waals surface area contributed by atoms with Gasteiger partial charge < -0.3 is 11.1 Å². The van der Waals surface area contributed by atoms with E-state index in [1.165, 1.54) is 9.75 Å². The Hall–Kier alpha value is -0.550. The summed E-state index contributed by atoms with van der Waals surface area (Å²) in [6.45, 7) is 1.80. The van der Waals surface area contributed by atoms with Gasteiger partial charge in [-0.05, 0) is 30.0 Å². The number of rotatable bonds is 5. The van der Waals surface area contributed by atoms with Crippen molar-refractivity contribution in [2.75, 3.05) is 12.3 Å². The van der Waals surface area contributed by atoms with Crippen LogP contribution in [-0.4, -0.2) is 6.54 Å². The second kappa shape index (κ2) is 5.68. The maximum absolute atomic E-state index is 5.86. The number of hydrogen-bond donors (Lipinski definition) is 2. The zero-order chi connectivity index (χ0) is 11.4. The van der Waals surface area contributed by atoms with E-state index < -0.39 is 0 Å². The predicted octanol–water partition coefficient (Wildman–Crippen LogP) is 3.38. The predicted molar refractivity (Wildman–Crippen MR) is 73.5 cm³/mol. The van der Waals surface area contributed by atoms with Crippen LogP contribution >= 0.6 is 34.3 Å². The molecule has 0 spiro atoms. The van der Waals surface area contributed by atoms with Gasteiger partial charge in [0.15, 0.2) is 0 Å². The van der Waals surface area contributed by atoms with Gasteiger partial charge in [0.2, 0.25) is 0 Å². The lowest BCUT2D eigenvalue weighted by atomic mass is 10.3. The largest absolute Gasteiger partial charge is 0.398 e. The van der Waals surface area contributed by atoms with E-state index in [9.17, 15) is 0 Å². The van der Waals surface area contributed by atoms with E-state index >= 15 is 0 Å². The van der Waals surface area contributed by atoms with Gasteiger partial charge in [0.25, 0.3) is 0 Å². The molecule has 2 rings (SSSR count). The second-order valence-corrected chi connectivity index (χ2v) is 6.23. The molecular formula is C11H13ClN2S2. The minimum absolute atomic E-state index is 0.850. The quantitative estimate of drug-likeness (QED) is 0.819. The molecule has 0 fully saturated rings. The molecule has 0 atom stereocenters. The standard InChI is InChI=1S/C11H13ClN2S2/c12-11-2-1-8(16-11)3-5-14-7-10-9(13)4-6-15-10/h1-2,4,6,14H,3,5,7,13H2. The normalized spacial score (nSPS) is 10.8. The highest BCUT2D eigenvalue weighted by atomic mass is 35.5. The van der Waals surface area contributed by atoms with Gasteiger partial charge in [-0.3, -0.25) is 0 Å². The molecule has 0 unspecified atom stereocenters. The minimum Gasteiger partial charge on any atom is -0.398 e. The highest BCUT2D eigenvalue weighted by molar-refractivity contribution is 7.16. The van der Waals surface area contributed by atoms with E-state index in [1.54, 1.807) is 22.7 Å². The number of hydrogen-bond acceptors (Lipinski definition) is 4. The molecule has 0 aliphatic carbocycles. The average molecular weight is 273 g/mol. The maximum Gasteiger partial charge on any atom is 0.0931 e. The summed E-state index contributed by atoms with van der Waals surface area (Å²) in [6, 6.07) is 5.97. The maximum atomic E-state index is 5.86. The van der Waals surface area contributed by atoms with Gasteiger partial charge in [-0.15, -0.1) is 22.7 Å². The molecule has 5 heteroatoms. The molecule has 0 radical (unpaired) electrons. The van der Waals surface area contributed by atoms with Crippen LogP contribution in [0.2, 0.25) is 4.34 Å². The van der Waals surface area contributed by atoms with Crippen molar-refractivity contribution in [2.45, 2.75) is 13.0 Å². The summed E-state index contributed by atoms with van der Waals surface area (Å²) in [7, 11) is 0. The lowest BCUT2D eigenvalue weighted by Crippen LogP contribution is -2.16. The third kappa shape index (κ3) is 3.22. The third-order valence-electron chi connectivity index (χ3n) is 2.24. The summed E-state index contributed by atoms with van der Waals surface area (Å²) in [5, 5.41) is 5.40. The number of nitrogens with two attached hydrogens (primary N) is 1. The van der Waals surface area contributed by atoms with Gasteiger partial charge >= 0.3 is 0 Å². The number of anilines is 1. The Morgan fingerprint density at radius 2 is 2.19 bits per heavy atom. The fourth-order valence-corrected chi connectivity index (χ4v) is 3.25. The summed E-state index contributed by atoms with van der Waals surface area (Å²) < 4.78 is 0.859. The van der Waals surface area contributed by atoms with Crippen molar-refractivity contribution < 1.29 is 0 Å². The van der Waals surface area contributed by atoms with Crippen molar-refractivity contribution in [1.82, 2.24) is 5.32 Å². The van der Waals surface area contributed by atoms with Gasteiger partial charge in [0.05, 0.1) is 4.34 Å². The van der Waals surface area contributed by atoms with E-state index in [-0.39, 0.29) is 0 Å². The fraction of sp³-hybridized carbons (Fsp3) is 0.273. The zero-order valence-electron chi connectivity index (χ0n) is 8.70. The molecule has 16 heavy (non-hydrogen) atoms. The number of nitrogens with one attached hydrogen (secondary N) is 1. The van der Waals surface area contributed by atoms with Crippen molar-refractivity contribution in [3.8, 4) is 0 Å². The van der Waals surface area contributed by atoms with Crippen molar-refractivity contribution in [3.05, 3.63) is 37.7 Å². The molecule has 0 bridgehead atoms. The van der Waals surface area contributed by atoms with Crippen molar-refractivity contribution >= 4 is 40.0 Å². The molecular weight excluding hydrogens is 260 g/mol. The van der Waals surface area contributed by atoms with E-state index in [4.69, 9.17) is 17.3 Å². The molecule has 0 amide bonds. The Bertz CT molecular complexity index is 450. The molecule has 0 saturated carbocycles. The Balaban J connectivity index is 1.71. The van der Waals surface area contributed by atoms with Crippen molar-refractivity contribution in [3.63, 3.8) is 0 Å². The van der Waals surface area contributed by atoms with Crippen LogP contribution in [0.5, 0.6) is 0 Å². The second-order valence-electron chi connectivity index (χ2n) is 3.43. The third-order valence-corrected chi connectivity index (χ3v) is 4.47. The van der Waals surface area contributed by atoms with Crippen LogP contribution in [0.15, 0.2) is 23.6 Å². The van der Waals surface area contributed by atoms with Crippen LogP contribution in [0.1, 0.15) is 9.75 Å². The average Bonchev–Trinajstić information content (AvgIpc) is 2.83. The van der Waals surface area contributed by atoms with E-state index in [0.29, 0.717) is 0 Å². The molecule has 0 aliphatic rings. The lowest BCUT2D eigenvalue weighted by molar-refractivity contribution is 0.698. The van der Waals surface area contributed by atoms with Gasteiger partial charge in [-0.2, -0.15) is 0 Å². The molecule has 3 N–H and O–H groups in total. The topological polar surface area (TPSA) is 38.0 Å². The molecule has 2 aromatic rings. The Labute approximate surface area is 108 Å². The van der Waals surface area contributed by atoms with Gasteiger partial charge in [0.1, 0.15) is 0 Å². The van der Waals surface area contributed by atoms with Crippen LogP contribution in [0.25, 0.3) is 0 Å². The first-order valence-electron chi connectivity index (χ1n) is 5.02. The molecule has 0 saturated heterocycles. The SMILES string of the molecule is Nc1ccsc1CNCCc1ccc(Cl)s1. The smallest absolute Gasteiger partial charge is 0.0931 e. The monoisotopic (exact) mass is 272 g/mol. The van der Waals surface area contributed by atoms with E-state index in [1.807, 2.05) is 17.5 Å². The molecule has 0 aliphatic heterocycles.